The van der Waals surface area contributed by atoms with Crippen LogP contribution in [0.25, 0.3) is 38.3 Å². The van der Waals surface area contributed by atoms with Gasteiger partial charge >= 0.3 is 0 Å². The fourth-order valence-corrected chi connectivity index (χ4v) is 10.4. The number of hydrogen-bond acceptors (Lipinski definition) is 14. The number of phenolic OH excluding ortho intramolecular Hbond substituents is 2. The maximum atomic E-state index is 13.7. The second-order valence-corrected chi connectivity index (χ2v) is 17.9. The number of ether oxygens (including phenoxy) is 1. The molecule has 64 heavy (non-hydrogen) atoms. The van der Waals surface area contributed by atoms with Crippen molar-refractivity contribution < 1.29 is 59.5 Å². The Morgan fingerprint density at radius 1 is 1.00 bits per heavy atom. The zero-order valence-corrected chi connectivity index (χ0v) is 35.5. The predicted molar refractivity (Wildman–Crippen MR) is 233 cm³/mol. The number of phenols is 2. The number of nitrogens with zero attached hydrogens (tertiary/aromatic N) is 1. The van der Waals surface area contributed by atoms with Crippen LogP contribution in [-0.4, -0.2) is 120 Å². The Morgan fingerprint density at radius 3 is 2.58 bits per heavy atom. The number of carbonyl (C=O) groups is 1. The predicted octanol–water partition coefficient (Wildman–Crippen LogP) is 2.75. The second-order valence-electron chi connectivity index (χ2n) is 17.9. The second kappa shape index (κ2) is 17.1. The zero-order valence-electron chi connectivity index (χ0n) is 35.5. The van der Waals surface area contributed by atoms with Gasteiger partial charge in [0.15, 0.2) is 16.8 Å². The number of rotatable bonds is 14. The molecule has 0 unspecified atom stereocenters. The first-order chi connectivity index (χ1) is 30.7. The fourth-order valence-electron chi connectivity index (χ4n) is 10.4. The van der Waals surface area contributed by atoms with E-state index in [4.69, 9.17) is 18.9 Å². The van der Waals surface area contributed by atoms with Crippen LogP contribution in [-0.2, 0) is 27.4 Å². The highest BCUT2D eigenvalue weighted by Crippen LogP contribution is 2.53. The number of aromatic nitrogens is 2. The minimum Gasteiger partial charge on any atom is -0.508 e. The monoisotopic (exact) mass is 882 g/mol. The summed E-state index contributed by atoms with van der Waals surface area (Å²) in [7, 11) is 1.85. The lowest BCUT2D eigenvalue weighted by Crippen LogP contribution is -2.63. The van der Waals surface area contributed by atoms with Gasteiger partial charge < -0.3 is 65.1 Å². The number of aliphatic hydroxyl groups is 5. The van der Waals surface area contributed by atoms with Crippen LogP contribution in [0, 0.1) is 24.7 Å². The van der Waals surface area contributed by atoms with Crippen LogP contribution < -0.4 is 20.8 Å². The van der Waals surface area contributed by atoms with Gasteiger partial charge in [0.1, 0.15) is 65.2 Å². The van der Waals surface area contributed by atoms with E-state index in [9.17, 15) is 45.3 Å². The SMILES string of the molecule is CNC[C@@H]1CC[C@H]([C@@H]2CNC(=O)C2)C[C@]12Oc1c(cc3c(=O)cc(C)oc3c1-n1cc3cc[nH]c3c1)C[C@H]2OOC[C@@](O)(Cc1ccc(O)c2ccc(O)cc12)[C@@H](O)[C@H](O)[C@H](O)CO. The molecule has 0 radical (unpaired) electrons. The molecule has 17 heteroatoms. The molecule has 2 aliphatic heterocycles. The maximum Gasteiger partial charge on any atom is 0.220 e. The Kier molecular flexibility index (Phi) is 11.7. The molecule has 6 aromatic rings. The molecule has 10 N–H and O–H groups in total. The highest BCUT2D eigenvalue weighted by Gasteiger charge is 2.57. The van der Waals surface area contributed by atoms with E-state index in [-0.39, 0.29) is 47.0 Å². The highest BCUT2D eigenvalue weighted by atomic mass is 17.2. The van der Waals surface area contributed by atoms with Gasteiger partial charge in [0.2, 0.25) is 5.91 Å². The molecule has 1 spiro atoms. The molecule has 3 aliphatic rings. The first-order valence-electron chi connectivity index (χ1n) is 21.7. The van der Waals surface area contributed by atoms with Crippen molar-refractivity contribution in [3.63, 3.8) is 0 Å². The van der Waals surface area contributed by atoms with Gasteiger partial charge in [0.05, 0.1) is 17.5 Å². The quantitative estimate of drug-likeness (QED) is 0.0558. The zero-order chi connectivity index (χ0) is 45.1. The number of H-pyrrole nitrogens is 1. The third kappa shape index (κ3) is 7.79. The number of aliphatic hydroxyl groups excluding tert-OH is 4. The van der Waals surface area contributed by atoms with Crippen molar-refractivity contribution in [2.75, 3.05) is 33.4 Å². The average Bonchev–Trinajstić information content (AvgIpc) is 4.02. The lowest BCUT2D eigenvalue weighted by molar-refractivity contribution is -0.378. The van der Waals surface area contributed by atoms with Gasteiger partial charge in [0, 0.05) is 79.3 Å². The van der Waals surface area contributed by atoms with Crippen molar-refractivity contribution in [3.8, 4) is 22.9 Å². The Morgan fingerprint density at radius 2 is 1.83 bits per heavy atom. The molecule has 1 saturated heterocycles. The smallest absolute Gasteiger partial charge is 0.220 e. The summed E-state index contributed by atoms with van der Waals surface area (Å²) in [4.78, 5) is 42.0. The Labute approximate surface area is 366 Å². The van der Waals surface area contributed by atoms with Crippen LogP contribution in [0.1, 0.15) is 42.6 Å². The van der Waals surface area contributed by atoms with Gasteiger partial charge in [-0.2, -0.15) is 0 Å². The number of aryl methyl sites for hydroxylation is 1. The van der Waals surface area contributed by atoms with E-state index in [1.54, 1.807) is 13.0 Å². The van der Waals surface area contributed by atoms with E-state index in [2.05, 4.69) is 15.6 Å². The van der Waals surface area contributed by atoms with Crippen LogP contribution in [0.15, 0.2) is 76.3 Å². The van der Waals surface area contributed by atoms with Crippen LogP contribution in [0.4, 0.5) is 0 Å². The first kappa shape index (κ1) is 43.7. The van der Waals surface area contributed by atoms with Gasteiger partial charge in [-0.1, -0.05) is 6.07 Å². The Bertz CT molecular complexity index is 2740. The largest absolute Gasteiger partial charge is 0.508 e. The van der Waals surface area contributed by atoms with Crippen LogP contribution in [0.5, 0.6) is 17.2 Å². The standard InChI is InChI=1S/C47H54N4O13/c1-24-11-37(55)34-12-28-13-39(64-61-23-46(60,45(59)42(58)38(56)22-52)16-26-4-8-36(54)32-7-6-31(53)15-33(26)32)47(17-25(3-5-30(47)19-48-2)29-14-40(57)50-18-29)63-43(28)41(44(34)62-24)51-20-27-9-10-49-35(27)21-51/h4,6-12,15,20-21,25,29-30,38-39,42,45,48-49,52-54,56,58-60H,3,5,13-14,16-19,22-23H2,1-2H3,(H,50,57)/t25-,29-,30-,38+,39+,42+,45-,46-,47-/m0/s1. The van der Waals surface area contributed by atoms with E-state index in [0.717, 1.165) is 17.3 Å². The molecular formula is C47H54N4O13. The lowest BCUT2D eigenvalue weighted by Gasteiger charge is -2.53. The minimum absolute atomic E-state index is 0.0153. The minimum atomic E-state index is -2.42. The topological polar surface area (TPSA) is 261 Å². The van der Waals surface area contributed by atoms with E-state index in [0.29, 0.717) is 82.4 Å². The molecule has 1 amide bonds. The van der Waals surface area contributed by atoms with E-state index in [1.807, 2.05) is 36.3 Å². The summed E-state index contributed by atoms with van der Waals surface area (Å²) in [6.07, 6.45) is 0.754. The molecular weight excluding hydrogens is 829 g/mol. The number of fused-ring (bicyclic) bond motifs is 4. The Hall–Kier alpha value is -5.50. The number of benzene rings is 3. The summed E-state index contributed by atoms with van der Waals surface area (Å²) in [5.41, 5.74) is -1.15. The third-order valence-electron chi connectivity index (χ3n) is 13.8. The van der Waals surface area contributed by atoms with Crippen molar-refractivity contribution in [1.82, 2.24) is 20.2 Å². The molecule has 3 aromatic heterocycles. The van der Waals surface area contributed by atoms with Gasteiger partial charge in [-0.15, -0.1) is 0 Å². The maximum absolute atomic E-state index is 13.7. The molecule has 1 aliphatic carbocycles. The molecule has 3 aromatic carbocycles. The molecule has 9 atom stereocenters. The van der Waals surface area contributed by atoms with Crippen molar-refractivity contribution >= 4 is 38.6 Å². The summed E-state index contributed by atoms with van der Waals surface area (Å²) < 4.78 is 15.7. The van der Waals surface area contributed by atoms with Gasteiger partial charge in [-0.3, -0.25) is 9.59 Å². The van der Waals surface area contributed by atoms with E-state index < -0.39 is 55.3 Å². The number of aromatic amines is 1. The summed E-state index contributed by atoms with van der Waals surface area (Å²) in [5, 5.41) is 84.3. The molecule has 0 bridgehead atoms. The number of nitrogens with one attached hydrogen (secondary N) is 3. The van der Waals surface area contributed by atoms with Gasteiger partial charge in [-0.25, -0.2) is 9.78 Å². The molecule has 340 valence electrons. The van der Waals surface area contributed by atoms with Crippen molar-refractivity contribution in [2.24, 2.45) is 17.8 Å². The summed E-state index contributed by atoms with van der Waals surface area (Å²) in [6, 6.07) is 12.3. The van der Waals surface area contributed by atoms with Crippen LogP contribution in [0.3, 0.4) is 0 Å². The van der Waals surface area contributed by atoms with Crippen LogP contribution in [0.2, 0.25) is 0 Å². The third-order valence-corrected chi connectivity index (χ3v) is 13.8. The van der Waals surface area contributed by atoms with Crippen molar-refractivity contribution in [1.29, 1.82) is 0 Å². The van der Waals surface area contributed by atoms with Crippen LogP contribution >= 0.6 is 0 Å². The normalized spacial score (nSPS) is 24.7. The lowest BCUT2D eigenvalue weighted by atomic mass is 9.63. The summed E-state index contributed by atoms with van der Waals surface area (Å²) in [6.45, 7) is 1.03. The van der Waals surface area contributed by atoms with Gasteiger partial charge in [0.25, 0.3) is 0 Å². The van der Waals surface area contributed by atoms with Crippen molar-refractivity contribution in [2.45, 2.75) is 81.1 Å². The number of amides is 1. The number of hydrogen-bond donors (Lipinski definition) is 10. The summed E-state index contributed by atoms with van der Waals surface area (Å²) >= 11 is 0. The van der Waals surface area contributed by atoms with Crippen molar-refractivity contribution in [3.05, 3.63) is 94.2 Å². The summed E-state index contributed by atoms with van der Waals surface area (Å²) in [5.74, 6) is 0.497. The number of aromatic hydroxyl groups is 2. The van der Waals surface area contributed by atoms with Gasteiger partial charge in [-0.05, 0) is 92.4 Å². The average molecular weight is 883 g/mol. The van der Waals surface area contributed by atoms with E-state index >= 15 is 0 Å². The van der Waals surface area contributed by atoms with E-state index in [1.165, 1.54) is 36.4 Å². The molecule has 2 fully saturated rings. The molecule has 1 saturated carbocycles. The molecule has 17 nitrogen and oxygen atoms in total. The first-order valence-corrected chi connectivity index (χ1v) is 21.7. The fraction of sp³-hybridized carbons (Fsp3) is 0.447. The molecule has 9 rings (SSSR count). The number of carbonyl (C=O) groups excluding carboxylic acids is 1. The highest BCUT2D eigenvalue weighted by molar-refractivity contribution is 5.92. The Balaban J connectivity index is 1.14. The molecule has 5 heterocycles.